The minimum atomic E-state index is 0.285. The lowest BCUT2D eigenvalue weighted by molar-refractivity contribution is 0.116. The standard InChI is InChI=1S/C16H24BrNO2/c1-4-7-18-16(12-8-11(2)20-10-12)14-9-13(17)5-6-15(14)19-3/h5-6,9,11-12,16,18H,4,7-8,10H2,1-3H3. The minimum absolute atomic E-state index is 0.285. The number of rotatable bonds is 6. The van der Waals surface area contributed by atoms with E-state index in [2.05, 4.69) is 41.2 Å². The zero-order valence-corrected chi connectivity index (χ0v) is 14.1. The highest BCUT2D eigenvalue weighted by Crippen LogP contribution is 2.37. The first-order valence-electron chi connectivity index (χ1n) is 7.34. The molecule has 3 unspecified atom stereocenters. The van der Waals surface area contributed by atoms with Crippen LogP contribution in [0.2, 0.25) is 0 Å². The molecule has 1 aliphatic heterocycles. The van der Waals surface area contributed by atoms with Gasteiger partial charge >= 0.3 is 0 Å². The maximum atomic E-state index is 5.76. The van der Waals surface area contributed by atoms with Crippen molar-refractivity contribution >= 4 is 15.9 Å². The molecule has 112 valence electrons. The van der Waals surface area contributed by atoms with Crippen molar-refractivity contribution in [3.63, 3.8) is 0 Å². The molecule has 3 atom stereocenters. The van der Waals surface area contributed by atoms with Crippen LogP contribution in [0.15, 0.2) is 22.7 Å². The van der Waals surface area contributed by atoms with Gasteiger partial charge in [0.05, 0.1) is 19.8 Å². The molecule has 1 aromatic carbocycles. The quantitative estimate of drug-likeness (QED) is 0.850. The molecule has 0 saturated carbocycles. The molecule has 2 rings (SSSR count). The molecular formula is C16H24BrNO2. The molecule has 0 aliphatic carbocycles. The van der Waals surface area contributed by atoms with Crippen molar-refractivity contribution in [1.29, 1.82) is 0 Å². The highest BCUT2D eigenvalue weighted by Gasteiger charge is 2.31. The molecule has 0 amide bonds. The largest absolute Gasteiger partial charge is 0.496 e. The summed E-state index contributed by atoms with van der Waals surface area (Å²) in [5, 5.41) is 3.67. The number of ether oxygens (including phenoxy) is 2. The van der Waals surface area contributed by atoms with E-state index in [9.17, 15) is 0 Å². The van der Waals surface area contributed by atoms with Gasteiger partial charge in [-0.05, 0) is 44.5 Å². The van der Waals surface area contributed by atoms with Crippen molar-refractivity contribution in [1.82, 2.24) is 5.32 Å². The van der Waals surface area contributed by atoms with E-state index >= 15 is 0 Å². The predicted octanol–water partition coefficient (Wildman–Crippen LogP) is 3.92. The average Bonchev–Trinajstić information content (AvgIpc) is 2.86. The summed E-state index contributed by atoms with van der Waals surface area (Å²) in [6.45, 7) is 6.16. The first-order valence-corrected chi connectivity index (χ1v) is 8.13. The Hall–Kier alpha value is -0.580. The molecule has 0 radical (unpaired) electrons. The van der Waals surface area contributed by atoms with Crippen molar-refractivity contribution < 1.29 is 9.47 Å². The lowest BCUT2D eigenvalue weighted by Crippen LogP contribution is -2.30. The van der Waals surface area contributed by atoms with Crippen molar-refractivity contribution in [2.75, 3.05) is 20.3 Å². The fourth-order valence-electron chi connectivity index (χ4n) is 2.86. The van der Waals surface area contributed by atoms with Crippen LogP contribution in [0.1, 0.15) is 38.3 Å². The third-order valence-electron chi connectivity index (χ3n) is 3.84. The number of benzene rings is 1. The van der Waals surface area contributed by atoms with Crippen molar-refractivity contribution in [3.8, 4) is 5.75 Å². The second kappa shape index (κ2) is 7.43. The van der Waals surface area contributed by atoms with Gasteiger partial charge < -0.3 is 14.8 Å². The zero-order chi connectivity index (χ0) is 14.5. The van der Waals surface area contributed by atoms with Gasteiger partial charge in [-0.2, -0.15) is 0 Å². The molecule has 1 aromatic rings. The molecule has 0 aromatic heterocycles. The molecule has 4 heteroatoms. The number of hydrogen-bond donors (Lipinski definition) is 1. The van der Waals surface area contributed by atoms with Crippen LogP contribution in [0, 0.1) is 5.92 Å². The van der Waals surface area contributed by atoms with Gasteiger partial charge in [0.1, 0.15) is 5.75 Å². The highest BCUT2D eigenvalue weighted by atomic mass is 79.9. The van der Waals surface area contributed by atoms with Crippen molar-refractivity contribution in [3.05, 3.63) is 28.2 Å². The summed E-state index contributed by atoms with van der Waals surface area (Å²) in [4.78, 5) is 0. The monoisotopic (exact) mass is 341 g/mol. The number of halogens is 1. The van der Waals surface area contributed by atoms with Crippen LogP contribution in [0.5, 0.6) is 5.75 Å². The molecule has 20 heavy (non-hydrogen) atoms. The lowest BCUT2D eigenvalue weighted by Gasteiger charge is -2.26. The van der Waals surface area contributed by atoms with Crippen LogP contribution in [-0.4, -0.2) is 26.4 Å². The van der Waals surface area contributed by atoms with E-state index in [1.807, 2.05) is 12.1 Å². The second-order valence-corrected chi connectivity index (χ2v) is 6.37. The number of methoxy groups -OCH3 is 1. The van der Waals surface area contributed by atoms with Crippen LogP contribution in [0.4, 0.5) is 0 Å². The Labute approximate surface area is 130 Å². The summed E-state index contributed by atoms with van der Waals surface area (Å²) in [6.07, 6.45) is 2.57. The molecule has 1 heterocycles. The average molecular weight is 342 g/mol. The normalized spacial score (nSPS) is 23.8. The minimum Gasteiger partial charge on any atom is -0.496 e. The van der Waals surface area contributed by atoms with E-state index < -0.39 is 0 Å². The Morgan fingerprint density at radius 3 is 2.90 bits per heavy atom. The summed E-state index contributed by atoms with van der Waals surface area (Å²) in [7, 11) is 1.73. The maximum absolute atomic E-state index is 5.76. The molecule has 1 saturated heterocycles. The van der Waals surface area contributed by atoms with Gasteiger partial charge in [0, 0.05) is 22.0 Å². The SMILES string of the molecule is CCCNC(c1cc(Br)ccc1OC)C1COC(C)C1. The summed E-state index contributed by atoms with van der Waals surface area (Å²) >= 11 is 3.57. The Morgan fingerprint density at radius 1 is 1.50 bits per heavy atom. The summed E-state index contributed by atoms with van der Waals surface area (Å²) in [5.74, 6) is 1.45. The molecule has 1 N–H and O–H groups in total. The van der Waals surface area contributed by atoms with Crippen LogP contribution in [-0.2, 0) is 4.74 Å². The number of nitrogens with one attached hydrogen (secondary N) is 1. The fourth-order valence-corrected chi connectivity index (χ4v) is 3.24. The predicted molar refractivity (Wildman–Crippen MR) is 85.2 cm³/mol. The maximum Gasteiger partial charge on any atom is 0.123 e. The van der Waals surface area contributed by atoms with E-state index in [1.54, 1.807) is 7.11 Å². The van der Waals surface area contributed by atoms with Gasteiger partial charge in [0.15, 0.2) is 0 Å². The Balaban J connectivity index is 2.27. The molecule has 0 bridgehead atoms. The molecule has 1 aliphatic rings. The van der Waals surface area contributed by atoms with E-state index in [0.717, 1.165) is 36.2 Å². The highest BCUT2D eigenvalue weighted by molar-refractivity contribution is 9.10. The van der Waals surface area contributed by atoms with E-state index in [-0.39, 0.29) is 6.04 Å². The third-order valence-corrected chi connectivity index (χ3v) is 4.34. The summed E-state index contributed by atoms with van der Waals surface area (Å²) in [5.41, 5.74) is 1.22. The molecule has 3 nitrogen and oxygen atoms in total. The zero-order valence-electron chi connectivity index (χ0n) is 12.5. The molecule has 1 fully saturated rings. The first-order chi connectivity index (χ1) is 9.65. The van der Waals surface area contributed by atoms with Gasteiger partial charge in [-0.25, -0.2) is 0 Å². The van der Waals surface area contributed by atoms with Crippen LogP contribution in [0.25, 0.3) is 0 Å². The molecule has 0 spiro atoms. The van der Waals surface area contributed by atoms with Crippen LogP contribution < -0.4 is 10.1 Å². The Bertz CT molecular complexity index is 438. The summed E-state index contributed by atoms with van der Waals surface area (Å²) in [6, 6.07) is 6.49. The van der Waals surface area contributed by atoms with Crippen molar-refractivity contribution in [2.45, 2.75) is 38.8 Å². The van der Waals surface area contributed by atoms with Crippen molar-refractivity contribution in [2.24, 2.45) is 5.92 Å². The van der Waals surface area contributed by atoms with Crippen LogP contribution >= 0.6 is 15.9 Å². The van der Waals surface area contributed by atoms with E-state index in [4.69, 9.17) is 9.47 Å². The second-order valence-electron chi connectivity index (χ2n) is 5.46. The third kappa shape index (κ3) is 3.74. The Morgan fingerprint density at radius 2 is 2.30 bits per heavy atom. The van der Waals surface area contributed by atoms with Gasteiger partial charge in [0.2, 0.25) is 0 Å². The van der Waals surface area contributed by atoms with Gasteiger partial charge in [-0.15, -0.1) is 0 Å². The van der Waals surface area contributed by atoms with Gasteiger partial charge in [-0.3, -0.25) is 0 Å². The summed E-state index contributed by atoms with van der Waals surface area (Å²) < 4.78 is 12.4. The van der Waals surface area contributed by atoms with Gasteiger partial charge in [-0.1, -0.05) is 22.9 Å². The lowest BCUT2D eigenvalue weighted by atomic mass is 9.90. The molecular weight excluding hydrogens is 318 g/mol. The topological polar surface area (TPSA) is 30.5 Å². The smallest absolute Gasteiger partial charge is 0.123 e. The van der Waals surface area contributed by atoms with E-state index in [1.165, 1.54) is 5.56 Å². The fraction of sp³-hybridized carbons (Fsp3) is 0.625. The number of hydrogen-bond acceptors (Lipinski definition) is 3. The van der Waals surface area contributed by atoms with Crippen LogP contribution in [0.3, 0.4) is 0 Å². The van der Waals surface area contributed by atoms with E-state index in [0.29, 0.717) is 12.0 Å². The first kappa shape index (κ1) is 15.8. The van der Waals surface area contributed by atoms with Gasteiger partial charge in [0.25, 0.3) is 0 Å². The Kier molecular flexibility index (Phi) is 5.87.